The van der Waals surface area contributed by atoms with Crippen molar-refractivity contribution in [1.29, 1.82) is 0 Å². The van der Waals surface area contributed by atoms with Crippen LogP contribution < -0.4 is 14.9 Å². The first-order valence-corrected chi connectivity index (χ1v) is 7.37. The maximum atomic E-state index is 11.7. The molecule has 1 amide bonds. The summed E-state index contributed by atoms with van der Waals surface area (Å²) in [7, 11) is 0. The quantitative estimate of drug-likeness (QED) is 0.682. The molecule has 1 N–H and O–H groups in total. The van der Waals surface area contributed by atoms with Gasteiger partial charge in [0.15, 0.2) is 11.5 Å². The number of hydrazone groups is 1. The second kappa shape index (κ2) is 5.64. The van der Waals surface area contributed by atoms with Crippen LogP contribution in [0.1, 0.15) is 15.2 Å². The average molecular weight is 353 g/mol. The van der Waals surface area contributed by atoms with E-state index >= 15 is 0 Å². The van der Waals surface area contributed by atoms with Crippen LogP contribution in [0.15, 0.2) is 39.2 Å². The van der Waals surface area contributed by atoms with Gasteiger partial charge in [-0.2, -0.15) is 5.10 Å². The Bertz CT molecular complexity index is 671. The van der Waals surface area contributed by atoms with Gasteiger partial charge in [0.2, 0.25) is 6.79 Å². The Balaban J connectivity index is 1.72. The van der Waals surface area contributed by atoms with Crippen molar-refractivity contribution in [2.45, 2.75) is 0 Å². The number of hydrogen-bond donors (Lipinski definition) is 1. The standard InChI is InChI=1S/C13H9BrN2O3S/c14-9-5-11-10(18-7-19-11)4-8(9)6-15-16-13(17)12-2-1-3-20-12/h1-6H,7H2,(H,16,17)/b15-6+. The summed E-state index contributed by atoms with van der Waals surface area (Å²) in [6.45, 7) is 0.220. The van der Waals surface area contributed by atoms with E-state index in [1.54, 1.807) is 18.3 Å². The largest absolute Gasteiger partial charge is 0.454 e. The minimum atomic E-state index is -0.229. The average Bonchev–Trinajstić information content (AvgIpc) is 3.08. The number of carbonyl (C=O) groups is 1. The van der Waals surface area contributed by atoms with Crippen LogP contribution in [0, 0.1) is 0 Å². The Morgan fingerprint density at radius 3 is 2.95 bits per heavy atom. The van der Waals surface area contributed by atoms with Crippen LogP contribution in [-0.4, -0.2) is 18.9 Å². The molecule has 0 saturated carbocycles. The lowest BCUT2D eigenvalue weighted by Gasteiger charge is -2.01. The molecule has 7 heteroatoms. The predicted octanol–water partition coefficient (Wildman–Crippen LogP) is 3.00. The van der Waals surface area contributed by atoms with E-state index in [1.807, 2.05) is 17.5 Å². The molecule has 0 radical (unpaired) electrons. The van der Waals surface area contributed by atoms with E-state index in [2.05, 4.69) is 26.5 Å². The van der Waals surface area contributed by atoms with Gasteiger partial charge < -0.3 is 9.47 Å². The fourth-order valence-electron chi connectivity index (χ4n) is 1.66. The molecule has 5 nitrogen and oxygen atoms in total. The number of fused-ring (bicyclic) bond motifs is 1. The third-order valence-corrected chi connectivity index (χ3v) is 4.16. The third kappa shape index (κ3) is 2.68. The normalized spacial score (nSPS) is 12.8. The molecule has 2 heterocycles. The molecule has 2 aromatic rings. The zero-order valence-corrected chi connectivity index (χ0v) is 12.5. The number of nitrogens with zero attached hydrogens (tertiary/aromatic N) is 1. The molecule has 20 heavy (non-hydrogen) atoms. The first kappa shape index (κ1) is 13.1. The third-order valence-electron chi connectivity index (χ3n) is 2.61. The number of amides is 1. The van der Waals surface area contributed by atoms with Gasteiger partial charge in [0.1, 0.15) is 0 Å². The summed E-state index contributed by atoms with van der Waals surface area (Å²) in [5.74, 6) is 1.13. The number of nitrogens with one attached hydrogen (secondary N) is 1. The van der Waals surface area contributed by atoms with E-state index in [-0.39, 0.29) is 12.7 Å². The number of hydrogen-bond acceptors (Lipinski definition) is 5. The Labute approximate surface area is 127 Å². The van der Waals surface area contributed by atoms with Crippen LogP contribution in [0.5, 0.6) is 11.5 Å². The van der Waals surface area contributed by atoms with Crippen molar-refractivity contribution in [2.75, 3.05) is 6.79 Å². The number of carbonyl (C=O) groups excluding carboxylic acids is 1. The highest BCUT2D eigenvalue weighted by Crippen LogP contribution is 2.36. The minimum Gasteiger partial charge on any atom is -0.454 e. The van der Waals surface area contributed by atoms with Gasteiger partial charge >= 0.3 is 0 Å². The predicted molar refractivity (Wildman–Crippen MR) is 79.6 cm³/mol. The van der Waals surface area contributed by atoms with Gasteiger partial charge in [0.05, 0.1) is 11.1 Å². The summed E-state index contributed by atoms with van der Waals surface area (Å²) in [6, 6.07) is 7.17. The molecule has 102 valence electrons. The van der Waals surface area contributed by atoms with Gasteiger partial charge in [-0.15, -0.1) is 11.3 Å². The van der Waals surface area contributed by atoms with Gasteiger partial charge in [-0.3, -0.25) is 4.79 Å². The number of halogens is 1. The second-order valence-electron chi connectivity index (χ2n) is 3.90. The maximum absolute atomic E-state index is 11.7. The van der Waals surface area contributed by atoms with Gasteiger partial charge in [-0.1, -0.05) is 6.07 Å². The first-order valence-electron chi connectivity index (χ1n) is 5.70. The van der Waals surface area contributed by atoms with Crippen LogP contribution >= 0.6 is 27.3 Å². The lowest BCUT2D eigenvalue weighted by atomic mass is 10.2. The molecule has 0 spiro atoms. The summed E-state index contributed by atoms with van der Waals surface area (Å²) in [5, 5.41) is 5.78. The number of ether oxygens (including phenoxy) is 2. The molecule has 1 aromatic carbocycles. The molecule has 0 saturated heterocycles. The van der Waals surface area contributed by atoms with Crippen molar-refractivity contribution in [2.24, 2.45) is 5.10 Å². The highest BCUT2D eigenvalue weighted by atomic mass is 79.9. The molecule has 0 fully saturated rings. The lowest BCUT2D eigenvalue weighted by molar-refractivity contribution is 0.0959. The van der Waals surface area contributed by atoms with Crippen LogP contribution in [0.3, 0.4) is 0 Å². The van der Waals surface area contributed by atoms with Crippen molar-refractivity contribution in [3.63, 3.8) is 0 Å². The van der Waals surface area contributed by atoms with Crippen molar-refractivity contribution in [1.82, 2.24) is 5.43 Å². The highest BCUT2D eigenvalue weighted by molar-refractivity contribution is 9.10. The summed E-state index contributed by atoms with van der Waals surface area (Å²) in [5.41, 5.74) is 3.27. The van der Waals surface area contributed by atoms with Crippen LogP contribution in [0.4, 0.5) is 0 Å². The SMILES string of the molecule is O=C(N/N=C/c1cc2c(cc1Br)OCO2)c1cccs1. The van der Waals surface area contributed by atoms with Gasteiger partial charge in [-0.05, 0) is 39.5 Å². The summed E-state index contributed by atoms with van der Waals surface area (Å²) < 4.78 is 11.4. The topological polar surface area (TPSA) is 59.9 Å². The lowest BCUT2D eigenvalue weighted by Crippen LogP contribution is -2.16. The van der Waals surface area contributed by atoms with Crippen molar-refractivity contribution in [3.8, 4) is 11.5 Å². The van der Waals surface area contributed by atoms with Crippen molar-refractivity contribution >= 4 is 39.4 Å². The van der Waals surface area contributed by atoms with Gasteiger partial charge in [-0.25, -0.2) is 5.43 Å². The molecular weight excluding hydrogens is 344 g/mol. The monoisotopic (exact) mass is 352 g/mol. The Morgan fingerprint density at radius 1 is 1.40 bits per heavy atom. The molecule has 0 aliphatic carbocycles. The second-order valence-corrected chi connectivity index (χ2v) is 5.71. The maximum Gasteiger partial charge on any atom is 0.281 e. The van der Waals surface area contributed by atoms with E-state index in [1.165, 1.54) is 11.3 Å². The van der Waals surface area contributed by atoms with Gasteiger partial charge in [0, 0.05) is 10.0 Å². The van der Waals surface area contributed by atoms with E-state index in [0.29, 0.717) is 16.4 Å². The fourth-order valence-corrected chi connectivity index (χ4v) is 2.69. The van der Waals surface area contributed by atoms with Gasteiger partial charge in [0.25, 0.3) is 5.91 Å². The molecule has 0 unspecified atom stereocenters. The molecular formula is C13H9BrN2O3S. The summed E-state index contributed by atoms with van der Waals surface area (Å²) >= 11 is 4.78. The molecule has 1 aromatic heterocycles. The molecule has 3 rings (SSSR count). The fraction of sp³-hybridized carbons (Fsp3) is 0.0769. The highest BCUT2D eigenvalue weighted by Gasteiger charge is 2.15. The van der Waals surface area contributed by atoms with E-state index in [4.69, 9.17) is 9.47 Å². The van der Waals surface area contributed by atoms with Crippen molar-refractivity contribution < 1.29 is 14.3 Å². The smallest absolute Gasteiger partial charge is 0.281 e. The molecule has 1 aliphatic heterocycles. The van der Waals surface area contributed by atoms with Crippen LogP contribution in [0.2, 0.25) is 0 Å². The molecule has 0 bridgehead atoms. The molecule has 1 aliphatic rings. The summed E-state index contributed by atoms with van der Waals surface area (Å²) in [4.78, 5) is 12.3. The molecule has 0 atom stereocenters. The van der Waals surface area contributed by atoms with E-state index in [9.17, 15) is 4.79 Å². The zero-order valence-electron chi connectivity index (χ0n) is 10.1. The number of benzene rings is 1. The number of thiophene rings is 1. The Morgan fingerprint density at radius 2 is 2.20 bits per heavy atom. The van der Waals surface area contributed by atoms with Crippen molar-refractivity contribution in [3.05, 3.63) is 44.6 Å². The number of rotatable bonds is 3. The minimum absolute atomic E-state index is 0.220. The Kier molecular flexibility index (Phi) is 3.70. The van der Waals surface area contributed by atoms with Crippen LogP contribution in [0.25, 0.3) is 0 Å². The summed E-state index contributed by atoms with van der Waals surface area (Å²) in [6.07, 6.45) is 1.55. The zero-order chi connectivity index (χ0) is 13.9. The van der Waals surface area contributed by atoms with E-state index < -0.39 is 0 Å². The first-order chi connectivity index (χ1) is 9.74. The van der Waals surface area contributed by atoms with E-state index in [0.717, 1.165) is 10.0 Å². The van der Waals surface area contributed by atoms with Crippen LogP contribution in [-0.2, 0) is 0 Å². The Hall–Kier alpha value is -1.86.